The van der Waals surface area contributed by atoms with Crippen molar-refractivity contribution in [2.45, 2.75) is 26.7 Å². The maximum Gasteiger partial charge on any atom is 0.229 e. The van der Waals surface area contributed by atoms with Crippen LogP contribution in [-0.2, 0) is 4.79 Å². The summed E-state index contributed by atoms with van der Waals surface area (Å²) in [5, 5.41) is 2.97. The number of carbonyl (C=O) groups is 1. The van der Waals surface area contributed by atoms with Crippen molar-refractivity contribution < 1.29 is 4.79 Å². The fourth-order valence-corrected chi connectivity index (χ4v) is 1.82. The van der Waals surface area contributed by atoms with Gasteiger partial charge in [-0.05, 0) is 50.5 Å². The summed E-state index contributed by atoms with van der Waals surface area (Å²) in [6, 6.07) is 6.07. The molecule has 0 saturated heterocycles. The first-order chi connectivity index (χ1) is 8.56. The lowest BCUT2D eigenvalue weighted by atomic mass is 10.1. The number of hydrogen-bond donors (Lipinski definition) is 3. The normalized spacial score (nSPS) is 13.9. The minimum atomic E-state index is 0.00919. The summed E-state index contributed by atoms with van der Waals surface area (Å²) in [5.74, 6) is 0.167. The summed E-state index contributed by atoms with van der Waals surface area (Å²) in [5.41, 5.74) is 9.10. The third kappa shape index (κ3) is 3.43. The Morgan fingerprint density at radius 1 is 1.33 bits per heavy atom. The molecule has 4 nitrogen and oxygen atoms in total. The summed E-state index contributed by atoms with van der Waals surface area (Å²) in [7, 11) is 0. The molecule has 0 heterocycles. The molecule has 0 aliphatic heterocycles. The zero-order valence-corrected chi connectivity index (χ0v) is 11.4. The van der Waals surface area contributed by atoms with Gasteiger partial charge in [-0.2, -0.15) is 0 Å². The molecule has 1 aromatic carbocycles. The molecule has 2 rings (SSSR count). The average Bonchev–Trinajstić information content (AvgIpc) is 3.11. The van der Waals surface area contributed by atoms with Gasteiger partial charge in [0, 0.05) is 5.92 Å². The van der Waals surface area contributed by atoms with Crippen LogP contribution in [0.1, 0.15) is 24.0 Å². The lowest BCUT2D eigenvalue weighted by molar-refractivity contribution is -0.120. The first-order valence-corrected chi connectivity index (χ1v) is 6.41. The van der Waals surface area contributed by atoms with Gasteiger partial charge in [-0.25, -0.2) is 0 Å². The number of anilines is 1. The minimum Gasteiger partial charge on any atom is -0.302 e. The summed E-state index contributed by atoms with van der Waals surface area (Å²) >= 11 is 5.04. The smallest absolute Gasteiger partial charge is 0.229 e. The number of hydrogen-bond acceptors (Lipinski definition) is 3. The lowest BCUT2D eigenvalue weighted by Crippen LogP contribution is -2.42. The van der Waals surface area contributed by atoms with Crippen molar-refractivity contribution >= 4 is 28.9 Å². The van der Waals surface area contributed by atoms with E-state index in [9.17, 15) is 4.79 Å². The third-order valence-electron chi connectivity index (χ3n) is 2.88. The molecule has 18 heavy (non-hydrogen) atoms. The van der Waals surface area contributed by atoms with Crippen molar-refractivity contribution in [3.05, 3.63) is 29.3 Å². The third-order valence-corrected chi connectivity index (χ3v) is 3.08. The molecule has 1 aromatic rings. The Morgan fingerprint density at radius 2 is 2.06 bits per heavy atom. The van der Waals surface area contributed by atoms with Gasteiger partial charge in [0.2, 0.25) is 5.91 Å². The molecule has 1 amide bonds. The number of amides is 1. The zero-order valence-electron chi connectivity index (χ0n) is 10.5. The van der Waals surface area contributed by atoms with Gasteiger partial charge in [-0.1, -0.05) is 17.7 Å². The van der Waals surface area contributed by atoms with Crippen LogP contribution >= 0.6 is 12.2 Å². The molecule has 1 aliphatic rings. The van der Waals surface area contributed by atoms with Gasteiger partial charge >= 0.3 is 0 Å². The molecule has 0 unspecified atom stereocenters. The van der Waals surface area contributed by atoms with E-state index in [0.29, 0.717) is 5.11 Å². The molecule has 0 atom stereocenters. The summed E-state index contributed by atoms with van der Waals surface area (Å²) < 4.78 is 0. The fraction of sp³-hybridized carbons (Fsp3) is 0.385. The maximum absolute atomic E-state index is 11.5. The Bertz CT molecular complexity index is 483. The van der Waals surface area contributed by atoms with Crippen LogP contribution in [0.15, 0.2) is 18.2 Å². The predicted octanol–water partition coefficient (Wildman–Crippen LogP) is 2.03. The number of aryl methyl sites for hydroxylation is 2. The monoisotopic (exact) mass is 263 g/mol. The number of carbonyl (C=O) groups excluding carboxylic acids is 1. The van der Waals surface area contributed by atoms with E-state index in [0.717, 1.165) is 24.1 Å². The van der Waals surface area contributed by atoms with Gasteiger partial charge in [0.1, 0.15) is 0 Å². The molecule has 1 saturated carbocycles. The van der Waals surface area contributed by atoms with Crippen LogP contribution in [0.3, 0.4) is 0 Å². The Labute approximate surface area is 112 Å². The van der Waals surface area contributed by atoms with Crippen LogP contribution in [0.25, 0.3) is 0 Å². The van der Waals surface area contributed by atoms with Crippen molar-refractivity contribution in [1.82, 2.24) is 10.7 Å². The molecule has 3 N–H and O–H groups in total. The molecule has 0 aromatic heterocycles. The zero-order chi connectivity index (χ0) is 13.1. The molecule has 0 radical (unpaired) electrons. The van der Waals surface area contributed by atoms with E-state index in [-0.39, 0.29) is 11.8 Å². The highest BCUT2D eigenvalue weighted by Crippen LogP contribution is 2.28. The van der Waals surface area contributed by atoms with Gasteiger partial charge < -0.3 is 5.32 Å². The number of rotatable bonds is 3. The first kappa shape index (κ1) is 12.8. The van der Waals surface area contributed by atoms with Crippen molar-refractivity contribution in [3.63, 3.8) is 0 Å². The molecule has 1 fully saturated rings. The minimum absolute atomic E-state index is 0.00919. The van der Waals surface area contributed by atoms with Gasteiger partial charge in [0.15, 0.2) is 5.11 Å². The summed E-state index contributed by atoms with van der Waals surface area (Å²) in [6.07, 6.45) is 1.94. The van der Waals surface area contributed by atoms with Crippen molar-refractivity contribution in [2.24, 2.45) is 5.92 Å². The van der Waals surface area contributed by atoms with Crippen LogP contribution in [-0.4, -0.2) is 11.0 Å². The van der Waals surface area contributed by atoms with Crippen LogP contribution in [0, 0.1) is 19.8 Å². The van der Waals surface area contributed by atoms with E-state index in [1.165, 1.54) is 5.56 Å². The Hall–Kier alpha value is -1.62. The summed E-state index contributed by atoms with van der Waals surface area (Å²) in [4.78, 5) is 11.5. The molecule has 96 valence electrons. The Kier molecular flexibility index (Phi) is 3.81. The second kappa shape index (κ2) is 5.35. The maximum atomic E-state index is 11.5. The Balaban J connectivity index is 1.83. The highest BCUT2D eigenvalue weighted by molar-refractivity contribution is 7.80. The number of hydrazine groups is 1. The predicted molar refractivity (Wildman–Crippen MR) is 76.1 cm³/mol. The first-order valence-electron chi connectivity index (χ1n) is 6.00. The number of nitrogens with one attached hydrogen (secondary N) is 3. The molecule has 1 aliphatic carbocycles. The highest BCUT2D eigenvalue weighted by atomic mass is 32.1. The van der Waals surface area contributed by atoms with Crippen molar-refractivity contribution in [2.75, 3.05) is 5.43 Å². The van der Waals surface area contributed by atoms with E-state index in [2.05, 4.69) is 22.2 Å². The fourth-order valence-electron chi connectivity index (χ4n) is 1.67. The van der Waals surface area contributed by atoms with Gasteiger partial charge in [-0.15, -0.1) is 0 Å². The van der Waals surface area contributed by atoms with E-state index in [1.54, 1.807) is 0 Å². The molecule has 0 bridgehead atoms. The van der Waals surface area contributed by atoms with Crippen LogP contribution in [0.4, 0.5) is 5.69 Å². The highest BCUT2D eigenvalue weighted by Gasteiger charge is 2.29. The number of benzene rings is 1. The topological polar surface area (TPSA) is 53.2 Å². The number of thiocarbonyl (C=S) groups is 1. The second-order valence-corrected chi connectivity index (χ2v) is 5.07. The standard InChI is InChI=1S/C13H17N3OS/c1-8-3-6-11(9(2)7-8)15-16-13(18)14-12(17)10-4-5-10/h3,6-7,10,15H,4-5H2,1-2H3,(H2,14,16,17,18). The Morgan fingerprint density at radius 3 is 2.67 bits per heavy atom. The van der Waals surface area contributed by atoms with Crippen LogP contribution in [0.2, 0.25) is 0 Å². The van der Waals surface area contributed by atoms with Crippen LogP contribution in [0.5, 0.6) is 0 Å². The average molecular weight is 263 g/mol. The van der Waals surface area contributed by atoms with Crippen LogP contribution < -0.4 is 16.2 Å². The van der Waals surface area contributed by atoms with E-state index >= 15 is 0 Å². The van der Waals surface area contributed by atoms with E-state index in [4.69, 9.17) is 12.2 Å². The van der Waals surface area contributed by atoms with Crippen molar-refractivity contribution in [1.29, 1.82) is 0 Å². The van der Waals surface area contributed by atoms with Gasteiger partial charge in [0.25, 0.3) is 0 Å². The van der Waals surface area contributed by atoms with Gasteiger partial charge in [-0.3, -0.25) is 15.6 Å². The second-order valence-electron chi connectivity index (χ2n) is 4.66. The van der Waals surface area contributed by atoms with E-state index in [1.807, 2.05) is 26.0 Å². The molecule has 5 heteroatoms. The van der Waals surface area contributed by atoms with Gasteiger partial charge in [0.05, 0.1) is 5.69 Å². The largest absolute Gasteiger partial charge is 0.302 e. The molecule has 0 spiro atoms. The quantitative estimate of drug-likeness (QED) is 0.577. The SMILES string of the molecule is Cc1ccc(NNC(=S)NC(=O)C2CC2)c(C)c1. The molecular formula is C13H17N3OS. The van der Waals surface area contributed by atoms with Crippen molar-refractivity contribution in [3.8, 4) is 0 Å². The summed E-state index contributed by atoms with van der Waals surface area (Å²) in [6.45, 7) is 4.06. The van der Waals surface area contributed by atoms with E-state index < -0.39 is 0 Å². The lowest BCUT2D eigenvalue weighted by Gasteiger charge is -2.13. The molecular weight excluding hydrogens is 246 g/mol.